The van der Waals surface area contributed by atoms with Gasteiger partial charge in [-0.1, -0.05) is 0 Å². The van der Waals surface area contributed by atoms with Gasteiger partial charge < -0.3 is 29.7 Å². The van der Waals surface area contributed by atoms with Crippen LogP contribution in [0.15, 0.2) is 35.3 Å². The number of guanidine groups is 1. The summed E-state index contributed by atoms with van der Waals surface area (Å²) in [6.45, 7) is 1.75. The zero-order chi connectivity index (χ0) is 22.4. The minimum absolute atomic E-state index is 0. The second kappa shape index (κ2) is 11.9. The van der Waals surface area contributed by atoms with Crippen molar-refractivity contribution in [2.45, 2.75) is 19.0 Å². The maximum absolute atomic E-state index is 14.1. The summed E-state index contributed by atoms with van der Waals surface area (Å²) in [6, 6.07) is 7.48. The van der Waals surface area contributed by atoms with Gasteiger partial charge in [0.05, 0.1) is 27.0 Å². The zero-order valence-corrected chi connectivity index (χ0v) is 20.9. The van der Waals surface area contributed by atoms with Crippen LogP contribution in [0, 0.1) is 11.6 Å². The van der Waals surface area contributed by atoms with E-state index in [0.29, 0.717) is 48.5 Å². The third kappa shape index (κ3) is 6.05. The number of hydrogen-bond acceptors (Lipinski definition) is 5. The van der Waals surface area contributed by atoms with Gasteiger partial charge in [0.15, 0.2) is 17.5 Å². The number of anilines is 1. The van der Waals surface area contributed by atoms with Crippen molar-refractivity contribution in [3.63, 3.8) is 0 Å². The van der Waals surface area contributed by atoms with E-state index in [4.69, 9.17) is 14.2 Å². The molecule has 1 heterocycles. The third-order valence-electron chi connectivity index (χ3n) is 5.19. The van der Waals surface area contributed by atoms with Crippen LogP contribution in [0.4, 0.5) is 14.5 Å². The van der Waals surface area contributed by atoms with Crippen molar-refractivity contribution >= 4 is 35.6 Å². The van der Waals surface area contributed by atoms with Crippen molar-refractivity contribution in [1.82, 2.24) is 10.6 Å². The second-order valence-corrected chi connectivity index (χ2v) is 7.13. The van der Waals surface area contributed by atoms with E-state index in [-0.39, 0.29) is 30.0 Å². The monoisotopic (exact) mass is 562 g/mol. The molecule has 32 heavy (non-hydrogen) atoms. The Bertz CT molecular complexity index is 920. The minimum atomic E-state index is -0.577. The zero-order valence-electron chi connectivity index (χ0n) is 18.6. The van der Waals surface area contributed by atoms with Crippen LogP contribution in [0.25, 0.3) is 0 Å². The summed E-state index contributed by atoms with van der Waals surface area (Å²) in [5.41, 5.74) is 1.34. The number of hydrogen-bond donors (Lipinski definition) is 2. The van der Waals surface area contributed by atoms with Gasteiger partial charge in [-0.05, 0) is 36.2 Å². The fourth-order valence-electron chi connectivity index (χ4n) is 3.65. The van der Waals surface area contributed by atoms with Gasteiger partial charge in [0, 0.05) is 38.8 Å². The van der Waals surface area contributed by atoms with Gasteiger partial charge in [-0.3, -0.25) is 4.99 Å². The van der Waals surface area contributed by atoms with E-state index >= 15 is 0 Å². The summed E-state index contributed by atoms with van der Waals surface area (Å²) in [7, 11) is 6.40. The van der Waals surface area contributed by atoms with Crippen LogP contribution in [0.1, 0.15) is 12.0 Å². The Hall–Kier alpha value is -2.50. The van der Waals surface area contributed by atoms with E-state index < -0.39 is 11.6 Å². The number of rotatable bonds is 7. The number of methoxy groups -OCH3 is 3. The van der Waals surface area contributed by atoms with Gasteiger partial charge in [-0.2, -0.15) is 0 Å². The molecule has 1 aliphatic heterocycles. The van der Waals surface area contributed by atoms with Gasteiger partial charge in [-0.15, -0.1) is 24.0 Å². The molecule has 0 aromatic heterocycles. The summed E-state index contributed by atoms with van der Waals surface area (Å²) in [4.78, 5) is 6.18. The molecular weight excluding hydrogens is 533 g/mol. The first kappa shape index (κ1) is 25.8. The molecule has 7 nitrogen and oxygen atoms in total. The Morgan fingerprint density at radius 1 is 1.09 bits per heavy atom. The average Bonchev–Trinajstić information content (AvgIpc) is 3.23. The van der Waals surface area contributed by atoms with E-state index in [2.05, 4.69) is 15.6 Å². The predicted molar refractivity (Wildman–Crippen MR) is 132 cm³/mol. The maximum Gasteiger partial charge on any atom is 0.203 e. The lowest BCUT2D eigenvalue weighted by atomic mass is 10.2. The van der Waals surface area contributed by atoms with E-state index in [1.807, 2.05) is 17.0 Å². The Labute approximate surface area is 204 Å². The highest BCUT2D eigenvalue weighted by molar-refractivity contribution is 14.0. The molecule has 0 aliphatic carbocycles. The van der Waals surface area contributed by atoms with Crippen molar-refractivity contribution in [3.05, 3.63) is 47.5 Å². The molecule has 176 valence electrons. The normalized spacial score (nSPS) is 15.8. The van der Waals surface area contributed by atoms with Crippen LogP contribution in [0.3, 0.4) is 0 Å². The summed E-state index contributed by atoms with van der Waals surface area (Å²) >= 11 is 0. The Morgan fingerprint density at radius 2 is 1.78 bits per heavy atom. The highest BCUT2D eigenvalue weighted by Crippen LogP contribution is 2.38. The number of nitrogens with zero attached hydrogens (tertiary/aromatic N) is 2. The Kier molecular flexibility index (Phi) is 9.60. The standard InChI is InChI=1S/C22H28F2N4O3.HI/c1-25-22(26-12-14-9-19(29-2)21(31-4)20(10-14)30-3)27-16-7-8-28(13-16)18-6-5-15(23)11-17(18)24;/h5-6,9-11,16H,7-8,12-13H2,1-4H3,(H2,25,26,27);1H. The molecule has 2 aromatic rings. The highest BCUT2D eigenvalue weighted by Gasteiger charge is 2.25. The second-order valence-electron chi connectivity index (χ2n) is 7.13. The SMILES string of the molecule is CN=C(NCc1cc(OC)c(OC)c(OC)c1)NC1CCN(c2ccc(F)cc2F)C1.I. The largest absolute Gasteiger partial charge is 0.493 e. The molecule has 0 radical (unpaired) electrons. The molecule has 2 N–H and O–H groups in total. The van der Waals surface area contributed by atoms with Gasteiger partial charge in [0.25, 0.3) is 0 Å². The summed E-state index contributed by atoms with van der Waals surface area (Å²) < 4.78 is 43.4. The van der Waals surface area contributed by atoms with E-state index in [1.54, 1.807) is 28.4 Å². The first-order valence-electron chi connectivity index (χ1n) is 9.95. The smallest absolute Gasteiger partial charge is 0.203 e. The van der Waals surface area contributed by atoms with Gasteiger partial charge >= 0.3 is 0 Å². The molecule has 1 fully saturated rings. The van der Waals surface area contributed by atoms with Crippen LogP contribution >= 0.6 is 24.0 Å². The number of ether oxygens (including phenoxy) is 3. The van der Waals surface area contributed by atoms with Gasteiger partial charge in [0.2, 0.25) is 5.75 Å². The van der Waals surface area contributed by atoms with E-state index in [1.165, 1.54) is 12.1 Å². The molecule has 0 bridgehead atoms. The highest BCUT2D eigenvalue weighted by atomic mass is 127. The molecule has 1 saturated heterocycles. The lowest BCUT2D eigenvalue weighted by Crippen LogP contribution is -2.44. The molecule has 10 heteroatoms. The molecule has 3 rings (SSSR count). The third-order valence-corrected chi connectivity index (χ3v) is 5.19. The molecule has 1 unspecified atom stereocenters. The molecule has 0 amide bonds. The Balaban J connectivity index is 0.00000363. The lowest BCUT2D eigenvalue weighted by Gasteiger charge is -2.21. The van der Waals surface area contributed by atoms with Crippen molar-refractivity contribution in [1.29, 1.82) is 0 Å². The van der Waals surface area contributed by atoms with Crippen LogP contribution in [-0.2, 0) is 6.54 Å². The minimum Gasteiger partial charge on any atom is -0.493 e. The van der Waals surface area contributed by atoms with Crippen molar-refractivity contribution < 1.29 is 23.0 Å². The van der Waals surface area contributed by atoms with E-state index in [9.17, 15) is 8.78 Å². The molecule has 1 aliphatic rings. The molecule has 1 atom stereocenters. The van der Waals surface area contributed by atoms with E-state index in [0.717, 1.165) is 18.1 Å². The molecule has 2 aromatic carbocycles. The van der Waals surface area contributed by atoms with Gasteiger partial charge in [-0.25, -0.2) is 8.78 Å². The molecule has 0 saturated carbocycles. The fraction of sp³-hybridized carbons (Fsp3) is 0.409. The van der Waals surface area contributed by atoms with Crippen LogP contribution < -0.4 is 29.7 Å². The quantitative estimate of drug-likeness (QED) is 0.306. The van der Waals surface area contributed by atoms with Crippen molar-refractivity contribution in [2.75, 3.05) is 46.4 Å². The number of aliphatic imine (C=N–C) groups is 1. The fourth-order valence-corrected chi connectivity index (χ4v) is 3.65. The Morgan fingerprint density at radius 3 is 2.34 bits per heavy atom. The van der Waals surface area contributed by atoms with Crippen molar-refractivity contribution in [2.24, 2.45) is 4.99 Å². The number of nitrogens with one attached hydrogen (secondary N) is 2. The maximum atomic E-state index is 14.1. The van der Waals surface area contributed by atoms with Crippen molar-refractivity contribution in [3.8, 4) is 17.2 Å². The summed E-state index contributed by atoms with van der Waals surface area (Å²) in [6.07, 6.45) is 0.807. The number of benzene rings is 2. The summed E-state index contributed by atoms with van der Waals surface area (Å²) in [5, 5.41) is 6.63. The predicted octanol–water partition coefficient (Wildman–Crippen LogP) is 3.55. The first-order chi connectivity index (χ1) is 15.0. The molecule has 0 spiro atoms. The van der Waals surface area contributed by atoms with Crippen LogP contribution in [0.2, 0.25) is 0 Å². The lowest BCUT2D eigenvalue weighted by molar-refractivity contribution is 0.323. The topological polar surface area (TPSA) is 67.4 Å². The van der Waals surface area contributed by atoms with Crippen LogP contribution in [0.5, 0.6) is 17.2 Å². The average molecular weight is 562 g/mol. The van der Waals surface area contributed by atoms with Gasteiger partial charge in [0.1, 0.15) is 11.6 Å². The van der Waals surface area contributed by atoms with Crippen LogP contribution in [-0.4, -0.2) is 53.5 Å². The summed E-state index contributed by atoms with van der Waals surface area (Å²) in [5.74, 6) is 1.19. The number of halogens is 3. The molecular formula is C22H29F2IN4O3. The first-order valence-corrected chi connectivity index (χ1v) is 9.95.